The maximum atomic E-state index is 13.3. The van der Waals surface area contributed by atoms with E-state index in [1.54, 1.807) is 18.3 Å². The number of rotatable bonds is 2. The number of nitrogens with two attached hydrogens (primary N) is 1. The van der Waals surface area contributed by atoms with Crippen LogP contribution in [0.4, 0.5) is 10.2 Å². The van der Waals surface area contributed by atoms with Crippen LogP contribution >= 0.6 is 0 Å². The molecule has 3 aromatic rings. The molecule has 0 aliphatic carbocycles. The number of aromatic nitrogens is 3. The third-order valence-electron chi connectivity index (χ3n) is 4.27. The average molecular weight is 354 g/mol. The van der Waals surface area contributed by atoms with Crippen LogP contribution in [0.5, 0.6) is 5.88 Å². The van der Waals surface area contributed by atoms with Crippen molar-refractivity contribution in [2.24, 2.45) is 0 Å². The highest BCUT2D eigenvalue weighted by atomic mass is 28.3. The van der Waals surface area contributed by atoms with Crippen molar-refractivity contribution in [2.45, 2.75) is 19.3 Å². The zero-order valence-electron chi connectivity index (χ0n) is 14.2. The predicted octanol–water partition coefficient (Wildman–Crippen LogP) is 3.51. The van der Waals surface area contributed by atoms with Gasteiger partial charge in [0.25, 0.3) is 0 Å². The van der Waals surface area contributed by atoms with Crippen molar-refractivity contribution >= 4 is 13.9 Å². The molecule has 0 saturated heterocycles. The first-order chi connectivity index (χ1) is 11.9. The summed E-state index contributed by atoms with van der Waals surface area (Å²) in [5.41, 5.74) is 9.26. The lowest BCUT2D eigenvalue weighted by atomic mass is 10.0. The second-order valence-corrected chi connectivity index (χ2v) is 12.0. The molecule has 0 spiro atoms. The van der Waals surface area contributed by atoms with E-state index in [-0.39, 0.29) is 5.82 Å². The first kappa shape index (κ1) is 15.8. The summed E-state index contributed by atoms with van der Waals surface area (Å²) in [6.07, 6.45) is 3.30. The molecule has 5 nitrogen and oxygen atoms in total. The average Bonchev–Trinajstić information content (AvgIpc) is 2.92. The number of nitrogen functional groups attached to an aromatic ring is 1. The fourth-order valence-electron chi connectivity index (χ4n) is 3.09. The predicted molar refractivity (Wildman–Crippen MR) is 98.2 cm³/mol. The lowest BCUT2D eigenvalue weighted by Crippen LogP contribution is -2.44. The summed E-state index contributed by atoms with van der Waals surface area (Å²) >= 11 is 0. The molecule has 2 aromatic heterocycles. The van der Waals surface area contributed by atoms with E-state index in [1.807, 2.05) is 16.8 Å². The molecule has 0 amide bonds. The Labute approximate surface area is 146 Å². The molecule has 0 saturated carbocycles. The van der Waals surface area contributed by atoms with Crippen LogP contribution in [0.2, 0.25) is 13.1 Å². The molecule has 0 atom stereocenters. The van der Waals surface area contributed by atoms with Crippen molar-refractivity contribution in [1.82, 2.24) is 14.8 Å². The highest BCUT2D eigenvalue weighted by molar-refractivity contribution is 6.76. The molecule has 1 aliphatic heterocycles. The van der Waals surface area contributed by atoms with Crippen molar-refractivity contribution in [3.8, 4) is 28.3 Å². The first-order valence-electron chi connectivity index (χ1n) is 8.14. The minimum Gasteiger partial charge on any atom is -0.481 e. The van der Waals surface area contributed by atoms with Crippen molar-refractivity contribution in [1.29, 1.82) is 0 Å². The van der Waals surface area contributed by atoms with Crippen LogP contribution in [-0.2, 0) is 6.17 Å². The standard InChI is InChI=1S/C18H19FN4OSi/c1-25(2)10-23-18(24-11-25)16(13-7-8-21-15(20)9-13)17(22-23)12-3-5-14(19)6-4-12/h3-9H,10-11H2,1-2H3,(H2,20,21). The van der Waals surface area contributed by atoms with Gasteiger partial charge in [-0.1, -0.05) is 13.1 Å². The normalized spacial score (nSPS) is 15.5. The van der Waals surface area contributed by atoms with Crippen molar-refractivity contribution in [3.05, 3.63) is 48.4 Å². The fourth-order valence-corrected chi connectivity index (χ4v) is 4.73. The van der Waals surface area contributed by atoms with Crippen molar-refractivity contribution in [3.63, 3.8) is 0 Å². The zero-order valence-corrected chi connectivity index (χ0v) is 15.2. The summed E-state index contributed by atoms with van der Waals surface area (Å²) in [5.74, 6) is 0.914. The lowest BCUT2D eigenvalue weighted by molar-refractivity contribution is 0.318. The minimum atomic E-state index is -1.49. The molecule has 0 bridgehead atoms. The molecular weight excluding hydrogens is 335 g/mol. The largest absolute Gasteiger partial charge is 0.481 e. The highest BCUT2D eigenvalue weighted by Crippen LogP contribution is 2.41. The van der Waals surface area contributed by atoms with Gasteiger partial charge in [-0.3, -0.25) is 0 Å². The number of anilines is 1. The van der Waals surface area contributed by atoms with E-state index in [0.717, 1.165) is 40.7 Å². The zero-order chi connectivity index (χ0) is 17.6. The Morgan fingerprint density at radius 3 is 2.64 bits per heavy atom. The summed E-state index contributed by atoms with van der Waals surface area (Å²) in [6, 6.07) is 10.1. The summed E-state index contributed by atoms with van der Waals surface area (Å²) < 4.78 is 21.4. The van der Waals surface area contributed by atoms with Gasteiger partial charge in [0.15, 0.2) is 0 Å². The number of benzene rings is 1. The second kappa shape index (κ2) is 5.70. The highest BCUT2D eigenvalue weighted by Gasteiger charge is 2.33. The van der Waals surface area contributed by atoms with E-state index in [1.165, 1.54) is 12.1 Å². The Kier molecular flexibility index (Phi) is 3.61. The van der Waals surface area contributed by atoms with E-state index >= 15 is 0 Å². The Balaban J connectivity index is 1.94. The van der Waals surface area contributed by atoms with Gasteiger partial charge in [-0.05, 0) is 42.0 Å². The fraction of sp³-hybridized carbons (Fsp3) is 0.222. The van der Waals surface area contributed by atoms with Crippen molar-refractivity contribution < 1.29 is 9.13 Å². The van der Waals surface area contributed by atoms with Crippen LogP contribution in [0, 0.1) is 5.82 Å². The van der Waals surface area contributed by atoms with E-state index in [2.05, 4.69) is 18.1 Å². The number of pyridine rings is 1. The van der Waals surface area contributed by atoms with Gasteiger partial charge >= 0.3 is 0 Å². The number of hydrogen-bond acceptors (Lipinski definition) is 4. The maximum Gasteiger partial charge on any atom is 0.219 e. The molecule has 0 unspecified atom stereocenters. The summed E-state index contributed by atoms with van der Waals surface area (Å²) in [4.78, 5) is 4.07. The Hall–Kier alpha value is -2.67. The molecular formula is C18H19FN4OSi. The summed E-state index contributed by atoms with van der Waals surface area (Å²) in [5, 5.41) is 4.80. The molecule has 2 N–H and O–H groups in total. The Morgan fingerprint density at radius 2 is 1.92 bits per heavy atom. The van der Waals surface area contributed by atoms with E-state index < -0.39 is 8.07 Å². The van der Waals surface area contributed by atoms with E-state index in [4.69, 9.17) is 15.6 Å². The number of nitrogens with zero attached hydrogens (tertiary/aromatic N) is 3. The third kappa shape index (κ3) is 2.91. The number of halogens is 1. The van der Waals surface area contributed by atoms with Gasteiger partial charge in [0.1, 0.15) is 25.4 Å². The van der Waals surface area contributed by atoms with Gasteiger partial charge < -0.3 is 10.5 Å². The van der Waals surface area contributed by atoms with Crippen LogP contribution in [0.15, 0.2) is 42.6 Å². The van der Waals surface area contributed by atoms with Gasteiger partial charge in [-0.15, -0.1) is 0 Å². The van der Waals surface area contributed by atoms with Crippen LogP contribution in [-0.4, -0.2) is 29.1 Å². The molecule has 0 radical (unpaired) electrons. The van der Waals surface area contributed by atoms with Gasteiger partial charge in [0, 0.05) is 17.9 Å². The van der Waals surface area contributed by atoms with Crippen LogP contribution in [0.1, 0.15) is 0 Å². The SMILES string of the molecule is C[Si]1(C)COc2c(-c3ccnc(N)c3)c(-c3ccc(F)cc3)nn2C1. The smallest absolute Gasteiger partial charge is 0.219 e. The molecule has 4 rings (SSSR count). The van der Waals surface area contributed by atoms with Crippen LogP contribution in [0.25, 0.3) is 22.4 Å². The summed E-state index contributed by atoms with van der Waals surface area (Å²) in [7, 11) is -1.49. The van der Waals surface area contributed by atoms with Crippen molar-refractivity contribution in [2.75, 3.05) is 12.0 Å². The first-order valence-corrected chi connectivity index (χ1v) is 11.6. The van der Waals surface area contributed by atoms with Gasteiger partial charge in [-0.25, -0.2) is 14.1 Å². The number of hydrogen-bond donors (Lipinski definition) is 1. The second-order valence-electron chi connectivity index (χ2n) is 7.12. The Bertz CT molecular complexity index is 937. The molecule has 7 heteroatoms. The Morgan fingerprint density at radius 1 is 1.16 bits per heavy atom. The van der Waals surface area contributed by atoms with Crippen LogP contribution in [0.3, 0.4) is 0 Å². The molecule has 128 valence electrons. The number of fused-ring (bicyclic) bond motifs is 1. The maximum absolute atomic E-state index is 13.3. The lowest BCUT2D eigenvalue weighted by Gasteiger charge is -2.28. The van der Waals surface area contributed by atoms with E-state index in [9.17, 15) is 4.39 Å². The summed E-state index contributed by atoms with van der Waals surface area (Å²) in [6.45, 7) is 4.55. The topological polar surface area (TPSA) is 66.0 Å². The van der Waals surface area contributed by atoms with E-state index in [0.29, 0.717) is 5.82 Å². The van der Waals surface area contributed by atoms with Crippen LogP contribution < -0.4 is 10.5 Å². The molecule has 1 aliphatic rings. The quantitative estimate of drug-likeness (QED) is 0.715. The monoisotopic (exact) mass is 354 g/mol. The third-order valence-corrected chi connectivity index (χ3v) is 6.35. The van der Waals surface area contributed by atoms with Gasteiger partial charge in [0.2, 0.25) is 5.88 Å². The molecule has 1 aromatic carbocycles. The minimum absolute atomic E-state index is 0.271. The van der Waals surface area contributed by atoms with Gasteiger partial charge in [0.05, 0.1) is 11.8 Å². The van der Waals surface area contributed by atoms with Gasteiger partial charge in [-0.2, -0.15) is 5.10 Å². The molecule has 3 heterocycles. The molecule has 0 fully saturated rings. The number of ether oxygens (including phenoxy) is 1. The molecule has 25 heavy (non-hydrogen) atoms.